The van der Waals surface area contributed by atoms with E-state index in [0.29, 0.717) is 5.82 Å². The van der Waals surface area contributed by atoms with E-state index in [1.165, 1.54) is 10.6 Å². The van der Waals surface area contributed by atoms with Crippen molar-refractivity contribution >= 4 is 5.82 Å². The topological polar surface area (TPSA) is 70.1 Å². The van der Waals surface area contributed by atoms with Gasteiger partial charge in [0.05, 0.1) is 0 Å². The van der Waals surface area contributed by atoms with E-state index in [2.05, 4.69) is 10.3 Å². The molecule has 6 nitrogen and oxygen atoms in total. The predicted octanol–water partition coefficient (Wildman–Crippen LogP) is -1.52. The molecule has 1 aliphatic rings. The normalized spacial score (nSPS) is 16.7. The molecule has 82 valence electrons. The van der Waals surface area contributed by atoms with Crippen LogP contribution in [0.3, 0.4) is 0 Å². The second-order valence-corrected chi connectivity index (χ2v) is 3.59. The minimum Gasteiger partial charge on any atom is -0.355 e. The second kappa shape index (κ2) is 3.90. The van der Waals surface area contributed by atoms with Crippen molar-refractivity contribution in [2.24, 2.45) is 7.05 Å². The number of H-pyrrole nitrogens is 1. The molecule has 1 aromatic rings. The van der Waals surface area contributed by atoms with Gasteiger partial charge < -0.3 is 10.2 Å². The number of nitrogens with one attached hydrogen (secondary N) is 2. The summed E-state index contributed by atoms with van der Waals surface area (Å²) in [5.74, 6) is 0.685. The molecule has 0 radical (unpaired) electrons. The number of nitrogens with zero attached hydrogens (tertiary/aromatic N) is 2. The summed E-state index contributed by atoms with van der Waals surface area (Å²) >= 11 is 0. The molecular weight excluding hydrogens is 196 g/mol. The van der Waals surface area contributed by atoms with E-state index < -0.39 is 0 Å². The van der Waals surface area contributed by atoms with Gasteiger partial charge in [0.15, 0.2) is 0 Å². The summed E-state index contributed by atoms with van der Waals surface area (Å²) in [5, 5.41) is 3.22. The van der Waals surface area contributed by atoms with Crippen molar-refractivity contribution in [3.8, 4) is 0 Å². The highest BCUT2D eigenvalue weighted by molar-refractivity contribution is 5.38. The first kappa shape index (κ1) is 9.97. The molecule has 0 spiro atoms. The molecule has 15 heavy (non-hydrogen) atoms. The van der Waals surface area contributed by atoms with Crippen molar-refractivity contribution in [3.63, 3.8) is 0 Å². The molecule has 0 unspecified atom stereocenters. The van der Waals surface area contributed by atoms with Gasteiger partial charge in [-0.3, -0.25) is 14.3 Å². The quantitative estimate of drug-likeness (QED) is 0.591. The molecule has 2 N–H and O–H groups in total. The Morgan fingerprint density at radius 3 is 2.60 bits per heavy atom. The van der Waals surface area contributed by atoms with Crippen LogP contribution in [0.5, 0.6) is 0 Å². The molecular formula is C9H14N4O2. The highest BCUT2D eigenvalue weighted by Gasteiger charge is 2.13. The van der Waals surface area contributed by atoms with E-state index >= 15 is 0 Å². The maximum atomic E-state index is 11.4. The monoisotopic (exact) mass is 210 g/mol. The van der Waals surface area contributed by atoms with E-state index in [4.69, 9.17) is 0 Å². The smallest absolute Gasteiger partial charge is 0.329 e. The highest BCUT2D eigenvalue weighted by atomic mass is 16.2. The van der Waals surface area contributed by atoms with Crippen molar-refractivity contribution in [2.75, 3.05) is 31.1 Å². The third-order valence-electron chi connectivity index (χ3n) is 2.58. The largest absolute Gasteiger partial charge is 0.355 e. The van der Waals surface area contributed by atoms with Gasteiger partial charge in [0.2, 0.25) is 0 Å². The summed E-state index contributed by atoms with van der Waals surface area (Å²) in [6, 6.07) is 1.46. The lowest BCUT2D eigenvalue weighted by atomic mass is 10.3. The molecule has 2 rings (SSSR count). The Labute approximate surface area is 86.5 Å². The van der Waals surface area contributed by atoms with Crippen molar-refractivity contribution in [1.29, 1.82) is 0 Å². The van der Waals surface area contributed by atoms with Crippen molar-refractivity contribution in [1.82, 2.24) is 14.9 Å². The summed E-state index contributed by atoms with van der Waals surface area (Å²) < 4.78 is 1.46. The van der Waals surface area contributed by atoms with E-state index in [0.717, 1.165) is 26.2 Å². The van der Waals surface area contributed by atoms with Crippen molar-refractivity contribution < 1.29 is 0 Å². The minimum absolute atomic E-state index is 0.341. The summed E-state index contributed by atoms with van der Waals surface area (Å²) in [6.07, 6.45) is 0. The number of hydrogen-bond donors (Lipinski definition) is 2. The fraction of sp³-hybridized carbons (Fsp3) is 0.556. The first-order valence-electron chi connectivity index (χ1n) is 4.94. The molecule has 0 amide bonds. The van der Waals surface area contributed by atoms with Gasteiger partial charge in [-0.05, 0) is 0 Å². The fourth-order valence-corrected chi connectivity index (χ4v) is 1.74. The van der Waals surface area contributed by atoms with Gasteiger partial charge in [-0.1, -0.05) is 0 Å². The van der Waals surface area contributed by atoms with Gasteiger partial charge in [0, 0.05) is 39.3 Å². The third-order valence-corrected chi connectivity index (χ3v) is 2.58. The van der Waals surface area contributed by atoms with Gasteiger partial charge in [-0.15, -0.1) is 0 Å². The summed E-state index contributed by atoms with van der Waals surface area (Å²) in [5.41, 5.74) is -0.706. The van der Waals surface area contributed by atoms with Crippen LogP contribution < -0.4 is 21.5 Å². The van der Waals surface area contributed by atoms with Crippen LogP contribution in [-0.2, 0) is 7.05 Å². The first-order chi connectivity index (χ1) is 7.18. The molecule has 6 heteroatoms. The molecule has 2 heterocycles. The van der Waals surface area contributed by atoms with E-state index in [9.17, 15) is 9.59 Å². The molecule has 1 saturated heterocycles. The molecule has 0 atom stereocenters. The second-order valence-electron chi connectivity index (χ2n) is 3.59. The lowest BCUT2D eigenvalue weighted by Crippen LogP contribution is -2.46. The summed E-state index contributed by atoms with van der Waals surface area (Å²) in [4.78, 5) is 26.8. The van der Waals surface area contributed by atoms with Crippen LogP contribution in [-0.4, -0.2) is 35.7 Å². The molecule has 0 bridgehead atoms. The Morgan fingerprint density at radius 2 is 1.93 bits per heavy atom. The lowest BCUT2D eigenvalue weighted by molar-refractivity contribution is 0.573. The third kappa shape index (κ3) is 1.94. The number of anilines is 1. The maximum Gasteiger partial charge on any atom is 0.329 e. The number of aromatic nitrogens is 2. The Hall–Kier alpha value is -1.56. The lowest BCUT2D eigenvalue weighted by Gasteiger charge is -2.30. The van der Waals surface area contributed by atoms with Crippen LogP contribution in [0.4, 0.5) is 5.82 Å². The maximum absolute atomic E-state index is 11.4. The summed E-state index contributed by atoms with van der Waals surface area (Å²) in [7, 11) is 1.66. The fourth-order valence-electron chi connectivity index (χ4n) is 1.74. The SMILES string of the molecule is Cn1c(N2CCNCC2)cc(=O)[nH]c1=O. The standard InChI is InChI=1S/C9H14N4O2/c1-12-8(6-7(14)11-9(12)15)13-4-2-10-3-5-13/h6,10H,2-5H2,1H3,(H,11,14,15). The van der Waals surface area contributed by atoms with Gasteiger partial charge in [-0.2, -0.15) is 0 Å². The van der Waals surface area contributed by atoms with Gasteiger partial charge in [-0.25, -0.2) is 4.79 Å². The Bertz CT molecular complexity index is 456. The average Bonchev–Trinajstić information content (AvgIpc) is 2.24. The predicted molar refractivity (Wildman–Crippen MR) is 57.4 cm³/mol. The Kier molecular flexibility index (Phi) is 2.59. The van der Waals surface area contributed by atoms with E-state index in [1.54, 1.807) is 7.05 Å². The number of aromatic amines is 1. The number of hydrogen-bond acceptors (Lipinski definition) is 4. The zero-order valence-corrected chi connectivity index (χ0v) is 8.62. The Morgan fingerprint density at radius 1 is 1.27 bits per heavy atom. The van der Waals surface area contributed by atoms with Gasteiger partial charge in [0.25, 0.3) is 5.56 Å². The van der Waals surface area contributed by atoms with Crippen LogP contribution in [0.25, 0.3) is 0 Å². The van der Waals surface area contributed by atoms with E-state index in [1.807, 2.05) is 4.90 Å². The average molecular weight is 210 g/mol. The van der Waals surface area contributed by atoms with Crippen LogP contribution in [0.15, 0.2) is 15.7 Å². The van der Waals surface area contributed by atoms with Crippen LogP contribution >= 0.6 is 0 Å². The molecule has 0 aliphatic carbocycles. The minimum atomic E-state index is -0.365. The number of rotatable bonds is 1. The van der Waals surface area contributed by atoms with Crippen molar-refractivity contribution in [3.05, 3.63) is 26.9 Å². The number of piperazine rings is 1. The zero-order chi connectivity index (χ0) is 10.8. The van der Waals surface area contributed by atoms with Crippen LogP contribution in [0, 0.1) is 0 Å². The van der Waals surface area contributed by atoms with Gasteiger partial charge in [0.1, 0.15) is 5.82 Å². The molecule has 0 saturated carbocycles. The van der Waals surface area contributed by atoms with E-state index in [-0.39, 0.29) is 11.2 Å². The van der Waals surface area contributed by atoms with Crippen LogP contribution in [0.2, 0.25) is 0 Å². The first-order valence-corrected chi connectivity index (χ1v) is 4.94. The molecule has 0 aromatic carbocycles. The highest BCUT2D eigenvalue weighted by Crippen LogP contribution is 2.08. The molecule has 1 aliphatic heterocycles. The van der Waals surface area contributed by atoms with Crippen LogP contribution in [0.1, 0.15) is 0 Å². The Balaban J connectivity index is 2.42. The zero-order valence-electron chi connectivity index (χ0n) is 8.62. The van der Waals surface area contributed by atoms with Gasteiger partial charge >= 0.3 is 5.69 Å². The van der Waals surface area contributed by atoms with Crippen molar-refractivity contribution in [2.45, 2.75) is 0 Å². The summed E-state index contributed by atoms with van der Waals surface area (Å²) in [6.45, 7) is 3.38. The molecule has 1 fully saturated rings. The molecule has 1 aromatic heterocycles.